The highest BCUT2D eigenvalue weighted by atomic mass is 32.2. The van der Waals surface area contributed by atoms with Crippen LogP contribution >= 0.6 is 11.8 Å². The Balaban J connectivity index is 1.18. The number of rotatable bonds is 9. The number of benzene rings is 2. The molecule has 0 spiro atoms. The number of thioether (sulfide) groups is 1. The highest BCUT2D eigenvalue weighted by Crippen LogP contribution is 2.36. The predicted molar refractivity (Wildman–Crippen MR) is 140 cm³/mol. The second-order valence-corrected chi connectivity index (χ2v) is 9.60. The number of para-hydroxylation sites is 1. The second kappa shape index (κ2) is 11.4. The molecule has 8 nitrogen and oxygen atoms in total. The van der Waals surface area contributed by atoms with Gasteiger partial charge in [0.25, 0.3) is 0 Å². The Morgan fingerprint density at radius 1 is 0.972 bits per heavy atom. The summed E-state index contributed by atoms with van der Waals surface area (Å²) in [4.78, 5) is 16.1. The summed E-state index contributed by atoms with van der Waals surface area (Å²) in [5, 5.41) is 4.82. The zero-order valence-corrected chi connectivity index (χ0v) is 21.3. The van der Waals surface area contributed by atoms with Crippen molar-refractivity contribution in [3.05, 3.63) is 72.2 Å². The second-order valence-electron chi connectivity index (χ2n) is 8.66. The molecule has 0 radical (unpaired) electrons. The number of ether oxygens (including phenoxy) is 2. The lowest BCUT2D eigenvalue weighted by molar-refractivity contribution is 0.355. The van der Waals surface area contributed by atoms with E-state index < -0.39 is 0 Å². The van der Waals surface area contributed by atoms with E-state index in [9.17, 15) is 0 Å². The lowest BCUT2D eigenvalue weighted by Crippen LogP contribution is -2.34. The van der Waals surface area contributed by atoms with Gasteiger partial charge in [0.15, 0.2) is 16.7 Å². The maximum absolute atomic E-state index is 5.49. The standard InChI is InChI=1S/C27H29N5O3S/c1-33-22-10-6-9-21(25(22)34-2)26-30-24(35-31-26)18-36-27-28-14-11-23(29-27)32-15-12-20(13-16-32)17-19-7-4-3-5-8-19/h3-11,14,20H,12-13,15-18H2,1-2H3. The SMILES string of the molecule is COc1cccc(-c2noc(CSc3nccc(N4CCC(Cc5ccccc5)CC4)n3)n2)c1OC. The third kappa shape index (κ3) is 5.62. The molecule has 5 rings (SSSR count). The van der Waals surface area contributed by atoms with Crippen molar-refractivity contribution in [2.24, 2.45) is 5.92 Å². The molecule has 0 saturated carbocycles. The van der Waals surface area contributed by atoms with Crippen LogP contribution in [0.25, 0.3) is 11.4 Å². The van der Waals surface area contributed by atoms with Crippen molar-refractivity contribution in [1.29, 1.82) is 0 Å². The van der Waals surface area contributed by atoms with Crippen LogP contribution < -0.4 is 14.4 Å². The van der Waals surface area contributed by atoms with Crippen molar-refractivity contribution in [2.45, 2.75) is 30.2 Å². The zero-order valence-electron chi connectivity index (χ0n) is 20.5. The molecule has 2 aromatic carbocycles. The molecular formula is C27H29N5O3S. The van der Waals surface area contributed by atoms with E-state index in [4.69, 9.17) is 19.0 Å². The van der Waals surface area contributed by atoms with Crippen LogP contribution in [0.3, 0.4) is 0 Å². The Morgan fingerprint density at radius 2 is 1.81 bits per heavy atom. The summed E-state index contributed by atoms with van der Waals surface area (Å²) in [7, 11) is 3.19. The Labute approximate surface area is 215 Å². The normalized spacial score (nSPS) is 14.1. The first kappa shape index (κ1) is 24.1. The fourth-order valence-corrected chi connectivity index (χ4v) is 5.17. The molecule has 4 aromatic rings. The summed E-state index contributed by atoms with van der Waals surface area (Å²) in [5.74, 6) is 4.30. The van der Waals surface area contributed by atoms with E-state index in [0.717, 1.165) is 25.3 Å². The first-order valence-corrected chi connectivity index (χ1v) is 13.0. The predicted octanol–water partition coefficient (Wildman–Crippen LogP) is 5.30. The van der Waals surface area contributed by atoms with Crippen LogP contribution in [0.2, 0.25) is 0 Å². The van der Waals surface area contributed by atoms with Crippen LogP contribution in [-0.2, 0) is 12.2 Å². The third-order valence-corrected chi connectivity index (χ3v) is 7.21. The van der Waals surface area contributed by atoms with Gasteiger partial charge < -0.3 is 18.9 Å². The Kier molecular flexibility index (Phi) is 7.66. The molecule has 2 aromatic heterocycles. The maximum Gasteiger partial charge on any atom is 0.237 e. The van der Waals surface area contributed by atoms with E-state index in [2.05, 4.69) is 50.4 Å². The monoisotopic (exact) mass is 503 g/mol. The van der Waals surface area contributed by atoms with Gasteiger partial charge in [-0.15, -0.1) is 0 Å². The molecule has 3 heterocycles. The van der Waals surface area contributed by atoms with Crippen LogP contribution in [0.15, 0.2) is 70.5 Å². The molecule has 36 heavy (non-hydrogen) atoms. The van der Waals surface area contributed by atoms with Crippen LogP contribution in [0.5, 0.6) is 11.5 Å². The van der Waals surface area contributed by atoms with Gasteiger partial charge in [-0.25, -0.2) is 9.97 Å². The zero-order chi connectivity index (χ0) is 24.7. The van der Waals surface area contributed by atoms with Gasteiger partial charge in [-0.3, -0.25) is 0 Å². The number of piperidine rings is 1. The lowest BCUT2D eigenvalue weighted by Gasteiger charge is -2.33. The minimum atomic E-state index is 0.453. The van der Waals surface area contributed by atoms with E-state index in [1.165, 1.54) is 30.2 Å². The summed E-state index contributed by atoms with van der Waals surface area (Å²) >= 11 is 1.48. The Morgan fingerprint density at radius 3 is 2.58 bits per heavy atom. The van der Waals surface area contributed by atoms with E-state index in [1.807, 2.05) is 30.5 Å². The van der Waals surface area contributed by atoms with E-state index >= 15 is 0 Å². The van der Waals surface area contributed by atoms with Crippen molar-refractivity contribution in [3.8, 4) is 22.9 Å². The summed E-state index contributed by atoms with van der Waals surface area (Å²) < 4.78 is 16.3. The molecule has 0 amide bonds. The molecule has 0 unspecified atom stereocenters. The molecule has 1 aliphatic rings. The first-order valence-electron chi connectivity index (χ1n) is 12.0. The van der Waals surface area contributed by atoms with Gasteiger partial charge >= 0.3 is 0 Å². The molecule has 1 aliphatic heterocycles. The summed E-state index contributed by atoms with van der Waals surface area (Å²) in [5.41, 5.74) is 2.14. The highest BCUT2D eigenvalue weighted by Gasteiger charge is 2.21. The number of hydrogen-bond acceptors (Lipinski definition) is 9. The molecule has 9 heteroatoms. The van der Waals surface area contributed by atoms with Gasteiger partial charge in [0.2, 0.25) is 11.7 Å². The molecule has 1 saturated heterocycles. The molecule has 186 valence electrons. The van der Waals surface area contributed by atoms with Gasteiger partial charge in [0.1, 0.15) is 5.82 Å². The Hall–Kier alpha value is -3.59. The minimum Gasteiger partial charge on any atom is -0.493 e. The van der Waals surface area contributed by atoms with Gasteiger partial charge in [-0.2, -0.15) is 4.98 Å². The number of hydrogen-bond donors (Lipinski definition) is 0. The number of methoxy groups -OCH3 is 2. The van der Waals surface area contributed by atoms with Gasteiger partial charge in [-0.05, 0) is 48.9 Å². The average Bonchev–Trinajstić information content (AvgIpc) is 3.41. The minimum absolute atomic E-state index is 0.453. The fourth-order valence-electron chi connectivity index (χ4n) is 4.50. The molecular weight excluding hydrogens is 474 g/mol. The van der Waals surface area contributed by atoms with Crippen molar-refractivity contribution >= 4 is 17.6 Å². The van der Waals surface area contributed by atoms with Crippen LogP contribution in [-0.4, -0.2) is 47.4 Å². The van der Waals surface area contributed by atoms with Gasteiger partial charge in [-0.1, -0.05) is 53.3 Å². The molecule has 0 atom stereocenters. The van der Waals surface area contributed by atoms with Crippen LogP contribution in [0.4, 0.5) is 5.82 Å². The molecule has 1 fully saturated rings. The van der Waals surface area contributed by atoms with Crippen LogP contribution in [0.1, 0.15) is 24.3 Å². The van der Waals surface area contributed by atoms with Crippen LogP contribution in [0, 0.1) is 5.92 Å². The Bertz CT molecular complexity index is 1280. The third-order valence-electron chi connectivity index (χ3n) is 6.36. The maximum atomic E-state index is 5.49. The van der Waals surface area contributed by atoms with Gasteiger partial charge in [0, 0.05) is 19.3 Å². The first-order chi connectivity index (χ1) is 17.7. The fraction of sp³-hybridized carbons (Fsp3) is 0.333. The topological polar surface area (TPSA) is 86.4 Å². The highest BCUT2D eigenvalue weighted by molar-refractivity contribution is 7.98. The largest absolute Gasteiger partial charge is 0.493 e. The van der Waals surface area contributed by atoms with E-state index in [0.29, 0.717) is 45.6 Å². The lowest BCUT2D eigenvalue weighted by atomic mass is 9.90. The summed E-state index contributed by atoms with van der Waals surface area (Å²) in [6.07, 6.45) is 5.30. The van der Waals surface area contributed by atoms with Crippen molar-refractivity contribution in [2.75, 3.05) is 32.2 Å². The summed E-state index contributed by atoms with van der Waals surface area (Å²) in [6.45, 7) is 2.02. The number of nitrogens with zero attached hydrogens (tertiary/aromatic N) is 5. The quantitative estimate of drug-likeness (QED) is 0.223. The smallest absolute Gasteiger partial charge is 0.237 e. The molecule has 0 bridgehead atoms. The van der Waals surface area contributed by atoms with E-state index in [1.54, 1.807) is 14.2 Å². The van der Waals surface area contributed by atoms with Crippen molar-refractivity contribution in [1.82, 2.24) is 20.1 Å². The summed E-state index contributed by atoms with van der Waals surface area (Å²) in [6, 6.07) is 18.3. The number of aromatic nitrogens is 4. The van der Waals surface area contributed by atoms with E-state index in [-0.39, 0.29) is 0 Å². The average molecular weight is 504 g/mol. The van der Waals surface area contributed by atoms with Gasteiger partial charge in [0.05, 0.1) is 25.5 Å². The molecule has 0 aliphatic carbocycles. The molecule has 0 N–H and O–H groups in total. The number of anilines is 1. The van der Waals surface area contributed by atoms with Crippen molar-refractivity contribution in [3.63, 3.8) is 0 Å². The van der Waals surface area contributed by atoms with Crippen molar-refractivity contribution < 1.29 is 14.0 Å².